The van der Waals surface area contributed by atoms with E-state index in [0.717, 1.165) is 18.5 Å². The maximum absolute atomic E-state index is 13.7. The van der Waals surface area contributed by atoms with Gasteiger partial charge >= 0.3 is 0 Å². The Hall–Kier alpha value is -3.77. The van der Waals surface area contributed by atoms with Gasteiger partial charge in [0.15, 0.2) is 0 Å². The summed E-state index contributed by atoms with van der Waals surface area (Å²) in [6.45, 7) is 4.58. The second-order valence-corrected chi connectivity index (χ2v) is 12.1. The van der Waals surface area contributed by atoms with E-state index in [-0.39, 0.29) is 28.4 Å². The molecule has 39 heavy (non-hydrogen) atoms. The summed E-state index contributed by atoms with van der Waals surface area (Å²) < 4.78 is 30.0. The number of aromatic nitrogens is 1. The number of hydrogen-bond acceptors (Lipinski definition) is 7. The highest BCUT2D eigenvalue weighted by atomic mass is 32.2. The minimum absolute atomic E-state index is 0.0182. The van der Waals surface area contributed by atoms with Crippen LogP contribution in [0.4, 0.5) is 11.4 Å². The van der Waals surface area contributed by atoms with Gasteiger partial charge in [-0.2, -0.15) is 4.31 Å². The molecule has 0 atom stereocenters. The molecule has 2 fully saturated rings. The molecule has 0 radical (unpaired) electrons. The Balaban J connectivity index is 1.35. The van der Waals surface area contributed by atoms with Crippen LogP contribution >= 0.6 is 0 Å². The van der Waals surface area contributed by atoms with E-state index < -0.39 is 20.5 Å². The number of benzene rings is 2. The van der Waals surface area contributed by atoms with Gasteiger partial charge in [0.25, 0.3) is 11.2 Å². The van der Waals surface area contributed by atoms with Gasteiger partial charge in [-0.05, 0) is 37.0 Å². The molecule has 12 heteroatoms. The lowest BCUT2D eigenvalue weighted by atomic mass is 10.0. The van der Waals surface area contributed by atoms with Crippen molar-refractivity contribution in [3.05, 3.63) is 75.2 Å². The summed E-state index contributed by atoms with van der Waals surface area (Å²) in [6.07, 6.45) is 2.88. The van der Waals surface area contributed by atoms with Gasteiger partial charge in [0, 0.05) is 74.1 Å². The van der Waals surface area contributed by atoms with Gasteiger partial charge in [-0.1, -0.05) is 25.1 Å². The molecule has 0 bridgehead atoms. The predicted molar refractivity (Wildman–Crippen MR) is 147 cm³/mol. The van der Waals surface area contributed by atoms with E-state index in [9.17, 15) is 28.1 Å². The number of rotatable bonds is 6. The number of nitro benzene ring substituents is 1. The van der Waals surface area contributed by atoms with Crippen molar-refractivity contribution in [2.45, 2.75) is 31.2 Å². The Labute approximate surface area is 226 Å². The van der Waals surface area contributed by atoms with E-state index in [2.05, 4.69) is 6.92 Å². The van der Waals surface area contributed by atoms with Crippen LogP contribution in [0.2, 0.25) is 0 Å². The molecule has 0 spiro atoms. The molecule has 2 saturated heterocycles. The molecule has 2 aliphatic rings. The van der Waals surface area contributed by atoms with E-state index in [4.69, 9.17) is 0 Å². The van der Waals surface area contributed by atoms with Gasteiger partial charge in [-0.15, -0.1) is 0 Å². The molecule has 1 aromatic heterocycles. The number of hydrogen-bond donors (Lipinski definition) is 0. The first kappa shape index (κ1) is 26.8. The number of carbonyl (C=O) groups is 1. The van der Waals surface area contributed by atoms with E-state index in [0.29, 0.717) is 50.6 Å². The average Bonchev–Trinajstić information content (AvgIpc) is 2.95. The normalized spacial score (nSPS) is 17.5. The van der Waals surface area contributed by atoms with E-state index in [1.54, 1.807) is 41.3 Å². The van der Waals surface area contributed by atoms with Crippen molar-refractivity contribution < 1.29 is 18.1 Å². The first-order chi connectivity index (χ1) is 18.6. The lowest BCUT2D eigenvalue weighted by Gasteiger charge is -2.36. The highest BCUT2D eigenvalue weighted by molar-refractivity contribution is 7.89. The minimum atomic E-state index is -3.86. The van der Waals surface area contributed by atoms with Crippen LogP contribution in [0.15, 0.2) is 64.4 Å². The van der Waals surface area contributed by atoms with Gasteiger partial charge in [0.1, 0.15) is 11.4 Å². The number of pyridine rings is 1. The van der Waals surface area contributed by atoms with Gasteiger partial charge < -0.3 is 14.4 Å². The number of nitrogens with zero attached hydrogens (tertiary/aromatic N) is 5. The van der Waals surface area contributed by atoms with Gasteiger partial charge in [0.2, 0.25) is 15.9 Å². The average molecular weight is 554 g/mol. The third kappa shape index (κ3) is 5.39. The number of sulfonamides is 1. The van der Waals surface area contributed by atoms with Crippen molar-refractivity contribution in [2.24, 2.45) is 5.92 Å². The molecule has 3 aromatic rings. The Morgan fingerprint density at radius 1 is 0.949 bits per heavy atom. The topological polar surface area (TPSA) is 126 Å². The SMILES string of the molecule is CC1CCN(S(=O)(=O)c2cn(CC(=O)N3CCN(c4ccc([N+](=O)[O-])cc4)CC3)c(=O)c3ccccc23)CC1. The number of carbonyl (C=O) groups excluding carboxylic acids is 1. The molecular weight excluding hydrogens is 522 g/mol. The number of piperazine rings is 1. The summed E-state index contributed by atoms with van der Waals surface area (Å²) in [5, 5.41) is 11.5. The number of piperidine rings is 1. The molecular formula is C27H31N5O6S. The zero-order chi connectivity index (χ0) is 27.7. The first-order valence-electron chi connectivity index (χ1n) is 13.0. The number of non-ortho nitro benzene ring substituents is 1. The third-order valence-corrected chi connectivity index (χ3v) is 9.61. The lowest BCUT2D eigenvalue weighted by Crippen LogP contribution is -2.50. The summed E-state index contributed by atoms with van der Waals surface area (Å²) in [5.74, 6) is 0.187. The van der Waals surface area contributed by atoms with Crippen molar-refractivity contribution in [1.82, 2.24) is 13.8 Å². The van der Waals surface area contributed by atoms with Crippen LogP contribution < -0.4 is 10.5 Å². The summed E-state index contributed by atoms with van der Waals surface area (Å²) >= 11 is 0. The van der Waals surface area contributed by atoms with Crippen LogP contribution in [0.1, 0.15) is 19.8 Å². The van der Waals surface area contributed by atoms with Crippen molar-refractivity contribution >= 4 is 38.1 Å². The molecule has 5 rings (SSSR count). The van der Waals surface area contributed by atoms with Crippen molar-refractivity contribution in [3.8, 4) is 0 Å². The van der Waals surface area contributed by atoms with Crippen LogP contribution in [0.3, 0.4) is 0 Å². The number of fused-ring (bicyclic) bond motifs is 1. The molecule has 3 heterocycles. The van der Waals surface area contributed by atoms with Crippen LogP contribution in [0, 0.1) is 16.0 Å². The molecule has 206 valence electrons. The van der Waals surface area contributed by atoms with Crippen LogP contribution in [-0.2, 0) is 21.4 Å². The zero-order valence-corrected chi connectivity index (χ0v) is 22.5. The van der Waals surface area contributed by atoms with Crippen LogP contribution in [0.5, 0.6) is 0 Å². The minimum Gasteiger partial charge on any atom is -0.368 e. The molecule has 11 nitrogen and oxygen atoms in total. The molecule has 2 aromatic carbocycles. The quantitative estimate of drug-likeness (QED) is 0.339. The van der Waals surface area contributed by atoms with E-state index in [1.807, 2.05) is 4.90 Å². The smallest absolute Gasteiger partial charge is 0.269 e. The zero-order valence-electron chi connectivity index (χ0n) is 21.7. The molecule has 0 unspecified atom stereocenters. The number of amides is 1. The molecule has 0 aliphatic carbocycles. The molecule has 1 amide bonds. The second kappa shape index (κ2) is 10.8. The van der Waals surface area contributed by atoms with Crippen molar-refractivity contribution in [3.63, 3.8) is 0 Å². The van der Waals surface area contributed by atoms with E-state index >= 15 is 0 Å². The van der Waals surface area contributed by atoms with Gasteiger partial charge in [-0.25, -0.2) is 8.42 Å². The number of anilines is 1. The van der Waals surface area contributed by atoms with Crippen molar-refractivity contribution in [2.75, 3.05) is 44.2 Å². The fourth-order valence-electron chi connectivity index (χ4n) is 5.24. The van der Waals surface area contributed by atoms with Gasteiger partial charge in [0.05, 0.1) is 4.92 Å². The largest absolute Gasteiger partial charge is 0.368 e. The van der Waals surface area contributed by atoms with Crippen molar-refractivity contribution in [1.29, 1.82) is 0 Å². The fraction of sp³-hybridized carbons (Fsp3) is 0.407. The third-order valence-electron chi connectivity index (χ3n) is 7.68. The predicted octanol–water partition coefficient (Wildman–Crippen LogP) is 2.68. The summed E-state index contributed by atoms with van der Waals surface area (Å²) in [4.78, 5) is 40.7. The highest BCUT2D eigenvalue weighted by Gasteiger charge is 2.31. The van der Waals surface area contributed by atoms with E-state index in [1.165, 1.54) is 27.2 Å². The molecule has 0 N–H and O–H groups in total. The molecule has 2 aliphatic heterocycles. The highest BCUT2D eigenvalue weighted by Crippen LogP contribution is 2.28. The Bertz CT molecular complexity index is 1550. The first-order valence-corrected chi connectivity index (χ1v) is 14.5. The fourth-order valence-corrected chi connectivity index (χ4v) is 6.93. The maximum atomic E-state index is 13.7. The Morgan fingerprint density at radius 2 is 1.56 bits per heavy atom. The maximum Gasteiger partial charge on any atom is 0.269 e. The summed E-state index contributed by atoms with van der Waals surface area (Å²) in [5.41, 5.74) is 0.444. The standard InChI is InChI=1S/C27H31N5O6S/c1-20-10-12-31(13-11-20)39(37,38)25-18-30(27(34)24-5-3-2-4-23(24)25)19-26(33)29-16-14-28(15-17-29)21-6-8-22(9-7-21)32(35)36/h2-9,18,20H,10-17,19H2,1H3. The van der Waals surface area contributed by atoms with Crippen LogP contribution in [0.25, 0.3) is 10.8 Å². The van der Waals surface area contributed by atoms with Gasteiger partial charge in [-0.3, -0.25) is 19.7 Å². The molecule has 0 saturated carbocycles. The lowest BCUT2D eigenvalue weighted by molar-refractivity contribution is -0.384. The Kier molecular flexibility index (Phi) is 7.41. The second-order valence-electron chi connectivity index (χ2n) is 10.2. The number of nitro groups is 1. The monoisotopic (exact) mass is 553 g/mol. The summed E-state index contributed by atoms with van der Waals surface area (Å²) in [6, 6.07) is 12.9. The van der Waals surface area contributed by atoms with Crippen LogP contribution in [-0.4, -0.2) is 72.3 Å². The summed E-state index contributed by atoms with van der Waals surface area (Å²) in [7, 11) is -3.86. The Morgan fingerprint density at radius 3 is 2.18 bits per heavy atom.